The molecule has 0 radical (unpaired) electrons. The number of nitrogens with zero attached hydrogens (tertiary/aromatic N) is 3. The standard InChI is InChI=1S/C28H31N3O2/c1-2-29(28(33)24-16-15-23(24)21-10-5-3-6-11-21)20-26(32)31-19-18-30-17-9-14-25(30)27(31)22-12-7-4-8-13-22/h3-14,17,23-24,27H,2,15-16,18-20H2,1H3. The first-order valence-corrected chi connectivity index (χ1v) is 12.0. The van der Waals surface area contributed by atoms with Gasteiger partial charge < -0.3 is 14.4 Å². The molecular formula is C28H31N3O2. The molecule has 2 heterocycles. The van der Waals surface area contributed by atoms with E-state index in [9.17, 15) is 9.59 Å². The molecule has 2 aromatic carbocycles. The van der Waals surface area contributed by atoms with E-state index in [0.717, 1.165) is 30.6 Å². The van der Waals surface area contributed by atoms with E-state index < -0.39 is 0 Å². The molecule has 3 unspecified atom stereocenters. The van der Waals surface area contributed by atoms with Gasteiger partial charge in [-0.2, -0.15) is 0 Å². The highest BCUT2D eigenvalue weighted by Gasteiger charge is 2.40. The Balaban J connectivity index is 1.34. The van der Waals surface area contributed by atoms with Crippen LogP contribution in [0.15, 0.2) is 79.0 Å². The predicted octanol–water partition coefficient (Wildman–Crippen LogP) is 4.46. The Morgan fingerprint density at radius 1 is 0.879 bits per heavy atom. The van der Waals surface area contributed by atoms with Gasteiger partial charge >= 0.3 is 0 Å². The van der Waals surface area contributed by atoms with E-state index in [1.54, 1.807) is 4.90 Å². The molecule has 1 aliphatic carbocycles. The lowest BCUT2D eigenvalue weighted by molar-refractivity contribution is -0.146. The zero-order valence-corrected chi connectivity index (χ0v) is 19.1. The molecule has 5 nitrogen and oxygen atoms in total. The third-order valence-electron chi connectivity index (χ3n) is 7.31. The van der Waals surface area contributed by atoms with Crippen LogP contribution < -0.4 is 0 Å². The summed E-state index contributed by atoms with van der Waals surface area (Å²) in [5, 5.41) is 0. The fraction of sp³-hybridized carbons (Fsp3) is 0.357. The molecule has 0 N–H and O–H groups in total. The first-order valence-electron chi connectivity index (χ1n) is 12.0. The zero-order chi connectivity index (χ0) is 22.8. The molecule has 5 rings (SSSR count). The molecule has 2 amide bonds. The van der Waals surface area contributed by atoms with Crippen molar-refractivity contribution < 1.29 is 9.59 Å². The van der Waals surface area contributed by atoms with Gasteiger partial charge in [0.25, 0.3) is 0 Å². The van der Waals surface area contributed by atoms with E-state index in [1.807, 2.05) is 54.3 Å². The summed E-state index contributed by atoms with van der Waals surface area (Å²) in [7, 11) is 0. The van der Waals surface area contributed by atoms with Crippen molar-refractivity contribution >= 4 is 11.8 Å². The van der Waals surface area contributed by atoms with Crippen LogP contribution in [-0.4, -0.2) is 45.8 Å². The number of benzene rings is 2. The molecule has 0 saturated heterocycles. The molecule has 3 atom stereocenters. The van der Waals surface area contributed by atoms with Crippen molar-refractivity contribution in [3.63, 3.8) is 0 Å². The van der Waals surface area contributed by atoms with Gasteiger partial charge in [0.05, 0.1) is 12.6 Å². The third-order valence-corrected chi connectivity index (χ3v) is 7.31. The molecule has 33 heavy (non-hydrogen) atoms. The highest BCUT2D eigenvalue weighted by Crippen LogP contribution is 2.43. The van der Waals surface area contributed by atoms with Gasteiger partial charge in [0.2, 0.25) is 11.8 Å². The third kappa shape index (κ3) is 4.08. The topological polar surface area (TPSA) is 45.6 Å². The fourth-order valence-electron chi connectivity index (χ4n) is 5.37. The van der Waals surface area contributed by atoms with Crippen molar-refractivity contribution in [1.82, 2.24) is 14.4 Å². The van der Waals surface area contributed by atoms with E-state index in [2.05, 4.69) is 41.1 Å². The van der Waals surface area contributed by atoms with Crippen LogP contribution in [0, 0.1) is 5.92 Å². The smallest absolute Gasteiger partial charge is 0.243 e. The fourth-order valence-corrected chi connectivity index (χ4v) is 5.37. The average Bonchev–Trinajstić information content (AvgIpc) is 3.31. The van der Waals surface area contributed by atoms with Crippen molar-refractivity contribution in [2.75, 3.05) is 19.6 Å². The van der Waals surface area contributed by atoms with Gasteiger partial charge in [0.15, 0.2) is 0 Å². The monoisotopic (exact) mass is 441 g/mol. The number of carbonyl (C=O) groups is 2. The van der Waals surface area contributed by atoms with Crippen LogP contribution in [0.1, 0.15) is 48.5 Å². The quantitative estimate of drug-likeness (QED) is 0.567. The second-order valence-electron chi connectivity index (χ2n) is 9.08. The Labute approximate surface area is 195 Å². The minimum Gasteiger partial charge on any atom is -0.348 e. The summed E-state index contributed by atoms with van der Waals surface area (Å²) in [5.41, 5.74) is 3.45. The highest BCUT2D eigenvalue weighted by atomic mass is 16.2. The minimum absolute atomic E-state index is 0.0158. The summed E-state index contributed by atoms with van der Waals surface area (Å²) >= 11 is 0. The summed E-state index contributed by atoms with van der Waals surface area (Å²) in [6.45, 7) is 4.07. The Morgan fingerprint density at radius 3 is 2.21 bits per heavy atom. The molecule has 170 valence electrons. The Hall–Kier alpha value is -3.34. The van der Waals surface area contributed by atoms with Crippen LogP contribution in [0.25, 0.3) is 0 Å². The Kier molecular flexibility index (Phi) is 6.03. The van der Waals surface area contributed by atoms with Crippen LogP contribution in [0.2, 0.25) is 0 Å². The zero-order valence-electron chi connectivity index (χ0n) is 19.1. The number of carbonyl (C=O) groups excluding carboxylic acids is 2. The van der Waals surface area contributed by atoms with Crippen molar-refractivity contribution in [2.24, 2.45) is 5.92 Å². The Morgan fingerprint density at radius 2 is 1.58 bits per heavy atom. The molecule has 1 saturated carbocycles. The predicted molar refractivity (Wildman–Crippen MR) is 129 cm³/mol. The summed E-state index contributed by atoms with van der Waals surface area (Å²) in [6.07, 6.45) is 4.01. The van der Waals surface area contributed by atoms with Gasteiger partial charge in [-0.25, -0.2) is 0 Å². The lowest BCUT2D eigenvalue weighted by Crippen LogP contribution is -2.50. The second-order valence-corrected chi connectivity index (χ2v) is 9.08. The van der Waals surface area contributed by atoms with Crippen LogP contribution in [0.3, 0.4) is 0 Å². The molecule has 3 aromatic rings. The second kappa shape index (κ2) is 9.26. The minimum atomic E-state index is -0.128. The number of rotatable bonds is 6. The number of aromatic nitrogens is 1. The molecule has 1 aliphatic heterocycles. The van der Waals surface area contributed by atoms with E-state index >= 15 is 0 Å². The van der Waals surface area contributed by atoms with Crippen molar-refractivity contribution in [3.8, 4) is 0 Å². The summed E-state index contributed by atoms with van der Waals surface area (Å²) < 4.78 is 2.23. The SMILES string of the molecule is CCN(CC(=O)N1CCn2cccc2C1c1ccccc1)C(=O)C1CCC1c1ccccc1. The summed E-state index contributed by atoms with van der Waals surface area (Å²) in [6, 6.07) is 24.5. The molecule has 1 aromatic heterocycles. The number of amides is 2. The maximum absolute atomic E-state index is 13.6. The van der Waals surface area contributed by atoms with Crippen molar-refractivity contribution in [2.45, 2.75) is 38.3 Å². The molecule has 0 bridgehead atoms. The maximum Gasteiger partial charge on any atom is 0.243 e. The van der Waals surface area contributed by atoms with Gasteiger partial charge in [-0.3, -0.25) is 9.59 Å². The van der Waals surface area contributed by atoms with E-state index in [-0.39, 0.29) is 36.2 Å². The molecule has 1 fully saturated rings. The molecular weight excluding hydrogens is 410 g/mol. The number of likely N-dealkylation sites (N-methyl/N-ethyl adjacent to an activating group) is 1. The lowest BCUT2D eigenvalue weighted by atomic mass is 9.69. The van der Waals surface area contributed by atoms with Crippen LogP contribution in [0.4, 0.5) is 0 Å². The van der Waals surface area contributed by atoms with Gasteiger partial charge in [0, 0.05) is 37.4 Å². The normalized spacial score (nSPS) is 21.7. The lowest BCUT2D eigenvalue weighted by Gasteiger charge is -2.41. The van der Waals surface area contributed by atoms with Gasteiger partial charge in [-0.05, 0) is 48.9 Å². The van der Waals surface area contributed by atoms with Gasteiger partial charge in [-0.15, -0.1) is 0 Å². The van der Waals surface area contributed by atoms with E-state index in [0.29, 0.717) is 13.1 Å². The highest BCUT2D eigenvalue weighted by molar-refractivity contribution is 5.87. The van der Waals surface area contributed by atoms with Crippen molar-refractivity contribution in [3.05, 3.63) is 95.8 Å². The van der Waals surface area contributed by atoms with Crippen molar-refractivity contribution in [1.29, 1.82) is 0 Å². The van der Waals surface area contributed by atoms with Gasteiger partial charge in [-0.1, -0.05) is 60.7 Å². The first kappa shape index (κ1) is 21.5. The number of fused-ring (bicyclic) bond motifs is 1. The molecule has 5 heteroatoms. The number of hydrogen-bond acceptors (Lipinski definition) is 2. The van der Waals surface area contributed by atoms with Gasteiger partial charge in [0.1, 0.15) is 0 Å². The van der Waals surface area contributed by atoms with E-state index in [1.165, 1.54) is 5.56 Å². The average molecular weight is 442 g/mol. The molecule has 2 aliphatic rings. The van der Waals surface area contributed by atoms with Crippen LogP contribution >= 0.6 is 0 Å². The molecule has 0 spiro atoms. The maximum atomic E-state index is 13.6. The first-order chi connectivity index (χ1) is 16.2. The Bertz CT molecular complexity index is 1110. The summed E-state index contributed by atoms with van der Waals surface area (Å²) in [5.74, 6) is 0.367. The summed E-state index contributed by atoms with van der Waals surface area (Å²) in [4.78, 5) is 30.7. The largest absolute Gasteiger partial charge is 0.348 e. The number of hydrogen-bond donors (Lipinski definition) is 0. The van der Waals surface area contributed by atoms with Crippen LogP contribution in [-0.2, 0) is 16.1 Å². The van der Waals surface area contributed by atoms with E-state index in [4.69, 9.17) is 0 Å². The van der Waals surface area contributed by atoms with Crippen LogP contribution in [0.5, 0.6) is 0 Å².